The SMILES string of the molecule is Nc1nc2c(ncn2[C@@H]2O[C@H](CO)C(O)C2(Cl)C#CCl)c(=O)[nH]1. The summed E-state index contributed by atoms with van der Waals surface area (Å²) in [6.07, 6.45) is -2.16. The number of hydrogen-bond donors (Lipinski definition) is 4. The molecule has 0 aliphatic carbocycles. The Kier molecular flexibility index (Phi) is 3.95. The number of hydrogen-bond acceptors (Lipinski definition) is 7. The number of imidazole rings is 1. The Morgan fingerprint density at radius 3 is 3.00 bits per heavy atom. The van der Waals surface area contributed by atoms with Crippen LogP contribution in [0.15, 0.2) is 11.1 Å². The van der Waals surface area contributed by atoms with Gasteiger partial charge in [-0.2, -0.15) is 4.98 Å². The lowest BCUT2D eigenvalue weighted by molar-refractivity contribution is -0.0436. The summed E-state index contributed by atoms with van der Waals surface area (Å²) in [5, 5.41) is 21.7. The van der Waals surface area contributed by atoms with Crippen molar-refractivity contribution in [3.63, 3.8) is 0 Å². The fraction of sp³-hybridized carbons (Fsp3) is 0.417. The first-order valence-corrected chi connectivity index (χ1v) is 7.16. The van der Waals surface area contributed by atoms with Gasteiger partial charge in [0.25, 0.3) is 5.56 Å². The summed E-state index contributed by atoms with van der Waals surface area (Å²) in [4.78, 5) is 20.4. The van der Waals surface area contributed by atoms with Gasteiger partial charge < -0.3 is 20.7 Å². The zero-order valence-electron chi connectivity index (χ0n) is 11.4. The number of anilines is 1. The molecule has 4 atom stereocenters. The molecule has 9 nitrogen and oxygen atoms in total. The summed E-state index contributed by atoms with van der Waals surface area (Å²) in [6.45, 7) is -0.487. The van der Waals surface area contributed by atoms with Crippen molar-refractivity contribution >= 4 is 40.3 Å². The van der Waals surface area contributed by atoms with E-state index in [0.717, 1.165) is 0 Å². The molecule has 122 valence electrons. The van der Waals surface area contributed by atoms with Crippen molar-refractivity contribution < 1.29 is 14.9 Å². The first kappa shape index (κ1) is 16.0. The normalized spacial score (nSPS) is 30.3. The van der Waals surface area contributed by atoms with Crippen molar-refractivity contribution in [1.82, 2.24) is 19.5 Å². The third-order valence-corrected chi connectivity index (χ3v) is 4.17. The average molecular weight is 360 g/mol. The van der Waals surface area contributed by atoms with Gasteiger partial charge in [-0.25, -0.2) is 4.98 Å². The number of fused-ring (bicyclic) bond motifs is 1. The Bertz CT molecular complexity index is 872. The lowest BCUT2D eigenvalue weighted by atomic mass is 9.99. The lowest BCUT2D eigenvalue weighted by Gasteiger charge is -2.25. The maximum absolute atomic E-state index is 11.8. The number of nitrogen functional groups attached to an aromatic ring is 1. The number of nitrogens with two attached hydrogens (primary N) is 1. The highest BCUT2D eigenvalue weighted by molar-refractivity contribution is 6.32. The molecule has 5 N–H and O–H groups in total. The van der Waals surface area contributed by atoms with Crippen molar-refractivity contribution in [2.24, 2.45) is 0 Å². The van der Waals surface area contributed by atoms with Crippen molar-refractivity contribution in [2.45, 2.75) is 23.3 Å². The number of H-pyrrole nitrogens is 1. The fourth-order valence-electron chi connectivity index (χ4n) is 2.49. The number of aliphatic hydroxyl groups is 2. The highest BCUT2D eigenvalue weighted by Gasteiger charge is 2.56. The molecule has 11 heteroatoms. The van der Waals surface area contributed by atoms with Gasteiger partial charge in [0, 0.05) is 5.38 Å². The molecular formula is C12H11Cl2N5O4. The van der Waals surface area contributed by atoms with E-state index in [1.807, 2.05) is 0 Å². The van der Waals surface area contributed by atoms with Crippen LogP contribution in [0.4, 0.5) is 5.95 Å². The molecule has 2 unspecified atom stereocenters. The van der Waals surface area contributed by atoms with Crippen molar-refractivity contribution in [3.05, 3.63) is 16.7 Å². The molecule has 0 spiro atoms. The molecule has 3 rings (SSSR count). The maximum atomic E-state index is 11.8. The van der Waals surface area contributed by atoms with Crippen molar-refractivity contribution in [2.75, 3.05) is 12.3 Å². The molecule has 2 aromatic rings. The van der Waals surface area contributed by atoms with Crippen molar-refractivity contribution in [1.29, 1.82) is 0 Å². The second-order valence-corrected chi connectivity index (χ2v) is 5.73. The van der Waals surface area contributed by atoms with E-state index in [2.05, 4.69) is 26.3 Å². The molecule has 0 bridgehead atoms. The van der Waals surface area contributed by atoms with E-state index < -0.39 is 35.5 Å². The molecule has 0 amide bonds. The number of rotatable bonds is 2. The molecule has 2 aromatic heterocycles. The van der Waals surface area contributed by atoms with Gasteiger partial charge in [-0.1, -0.05) is 17.5 Å². The van der Waals surface area contributed by atoms with Gasteiger partial charge in [0.05, 0.1) is 12.9 Å². The highest BCUT2D eigenvalue weighted by Crippen LogP contribution is 2.43. The molecule has 1 aliphatic heterocycles. The molecule has 1 saturated heterocycles. The molecule has 0 radical (unpaired) electrons. The number of aliphatic hydroxyl groups excluding tert-OH is 2. The Morgan fingerprint density at radius 2 is 2.35 bits per heavy atom. The Labute approximate surface area is 139 Å². The number of aromatic nitrogens is 4. The Hall–Kier alpha value is -1.83. The highest BCUT2D eigenvalue weighted by atomic mass is 35.5. The molecule has 0 saturated carbocycles. The van der Waals surface area contributed by atoms with Gasteiger partial charge in [0.15, 0.2) is 22.3 Å². The van der Waals surface area contributed by atoms with E-state index >= 15 is 0 Å². The quantitative estimate of drug-likeness (QED) is 0.403. The molecule has 0 aromatic carbocycles. The second-order valence-electron chi connectivity index (χ2n) is 4.92. The summed E-state index contributed by atoms with van der Waals surface area (Å²) in [6, 6.07) is 0. The minimum Gasteiger partial charge on any atom is -0.394 e. The summed E-state index contributed by atoms with van der Waals surface area (Å²) < 4.78 is 6.87. The van der Waals surface area contributed by atoms with E-state index in [1.165, 1.54) is 10.9 Å². The van der Waals surface area contributed by atoms with Crippen LogP contribution in [-0.4, -0.2) is 53.4 Å². The number of alkyl halides is 1. The van der Waals surface area contributed by atoms with E-state index in [9.17, 15) is 15.0 Å². The largest absolute Gasteiger partial charge is 0.394 e. The summed E-state index contributed by atoms with van der Waals surface area (Å²) >= 11 is 11.8. The standard InChI is InChI=1S/C12H11Cl2N5O4/c13-2-1-12(14)7(21)5(3-20)23-10(12)19-4-16-6-8(19)17-11(15)18-9(6)22/h4-5,7,10,20-21H,3H2,(H3,15,17,18,22)/t5-,7?,10-,12?/m1/s1. The van der Waals surface area contributed by atoms with Gasteiger partial charge >= 0.3 is 0 Å². The average Bonchev–Trinajstić information content (AvgIpc) is 3.01. The summed E-state index contributed by atoms with van der Waals surface area (Å²) in [7, 11) is 0. The topological polar surface area (TPSA) is 139 Å². The number of ether oxygens (including phenoxy) is 1. The van der Waals surface area contributed by atoms with Crippen LogP contribution < -0.4 is 11.3 Å². The maximum Gasteiger partial charge on any atom is 0.280 e. The Morgan fingerprint density at radius 1 is 1.61 bits per heavy atom. The van der Waals surface area contributed by atoms with Crippen LogP contribution in [-0.2, 0) is 4.74 Å². The molecule has 3 heterocycles. The predicted molar refractivity (Wildman–Crippen MR) is 81.8 cm³/mol. The van der Waals surface area contributed by atoms with Gasteiger partial charge in [0.1, 0.15) is 12.2 Å². The van der Waals surface area contributed by atoms with Gasteiger partial charge in [-0.05, 0) is 11.6 Å². The Balaban J connectivity index is 2.20. The molecule has 1 aliphatic rings. The van der Waals surface area contributed by atoms with E-state index in [1.54, 1.807) is 0 Å². The van der Waals surface area contributed by atoms with Crippen LogP contribution in [0, 0.1) is 11.3 Å². The first-order valence-electron chi connectivity index (χ1n) is 6.40. The molecule has 23 heavy (non-hydrogen) atoms. The number of nitrogens with one attached hydrogen (secondary N) is 1. The van der Waals surface area contributed by atoms with Crippen LogP contribution in [0.1, 0.15) is 6.23 Å². The predicted octanol–water partition coefficient (Wildman–Crippen LogP) is -0.870. The van der Waals surface area contributed by atoms with Crippen LogP contribution >= 0.6 is 23.2 Å². The molecule has 1 fully saturated rings. The van der Waals surface area contributed by atoms with E-state index in [4.69, 9.17) is 33.7 Å². The van der Waals surface area contributed by atoms with Crippen LogP contribution in [0.2, 0.25) is 0 Å². The van der Waals surface area contributed by atoms with E-state index in [0.29, 0.717) is 0 Å². The van der Waals surface area contributed by atoms with E-state index in [-0.39, 0.29) is 17.1 Å². The van der Waals surface area contributed by atoms with Crippen molar-refractivity contribution in [3.8, 4) is 11.3 Å². The first-order chi connectivity index (χ1) is 10.9. The minimum absolute atomic E-state index is 0.0163. The van der Waals surface area contributed by atoms with Crippen LogP contribution in [0.3, 0.4) is 0 Å². The number of halogens is 2. The smallest absolute Gasteiger partial charge is 0.280 e. The minimum atomic E-state index is -1.66. The molecular weight excluding hydrogens is 349 g/mol. The monoisotopic (exact) mass is 359 g/mol. The summed E-state index contributed by atoms with van der Waals surface area (Å²) in [5.74, 6) is 2.35. The van der Waals surface area contributed by atoms with Crippen LogP contribution in [0.5, 0.6) is 0 Å². The third kappa shape index (κ3) is 2.36. The zero-order chi connectivity index (χ0) is 16.8. The second kappa shape index (κ2) is 5.67. The number of aromatic amines is 1. The third-order valence-electron chi connectivity index (χ3n) is 3.57. The van der Waals surface area contributed by atoms with Crippen LogP contribution in [0.25, 0.3) is 11.2 Å². The lowest BCUT2D eigenvalue weighted by Crippen LogP contribution is -2.41. The fourth-order valence-corrected chi connectivity index (χ4v) is 3.04. The van der Waals surface area contributed by atoms with Gasteiger partial charge in [-0.15, -0.1) is 0 Å². The summed E-state index contributed by atoms with van der Waals surface area (Å²) in [5.41, 5.74) is 5.12. The number of nitrogens with zero attached hydrogens (tertiary/aromatic N) is 3. The zero-order valence-corrected chi connectivity index (χ0v) is 12.9. The van der Waals surface area contributed by atoms with Gasteiger partial charge in [0.2, 0.25) is 5.95 Å². The van der Waals surface area contributed by atoms with Gasteiger partial charge in [-0.3, -0.25) is 14.3 Å².